The molecule has 0 aliphatic carbocycles. The second-order valence-electron chi connectivity index (χ2n) is 4.73. The van der Waals surface area contributed by atoms with Crippen LogP contribution in [0.2, 0.25) is 0 Å². The number of phenolic OH excluding ortho intramolecular Hbond substituents is 1. The summed E-state index contributed by atoms with van der Waals surface area (Å²) in [4.78, 5) is 1.26. The van der Waals surface area contributed by atoms with Gasteiger partial charge < -0.3 is 10.4 Å². The number of fused-ring (bicyclic) bond motifs is 1. The van der Waals surface area contributed by atoms with Gasteiger partial charge in [0.05, 0.1) is 0 Å². The highest BCUT2D eigenvalue weighted by Crippen LogP contribution is 2.33. The average molecular weight is 259 g/mol. The zero-order valence-corrected chi connectivity index (χ0v) is 11.0. The third kappa shape index (κ3) is 2.33. The molecule has 1 heterocycles. The Labute approximate surface area is 111 Å². The molecular formula is C15H17NOS. The van der Waals surface area contributed by atoms with Crippen molar-refractivity contribution >= 4 is 22.5 Å². The monoisotopic (exact) mass is 259 g/mol. The van der Waals surface area contributed by atoms with Crippen molar-refractivity contribution < 1.29 is 5.11 Å². The fourth-order valence-electron chi connectivity index (χ4n) is 2.47. The van der Waals surface area contributed by atoms with Gasteiger partial charge in [-0.15, -0.1) is 11.8 Å². The maximum Gasteiger partial charge on any atom is 0.123 e. The van der Waals surface area contributed by atoms with Crippen LogP contribution in [-0.2, 0) is 0 Å². The molecule has 0 bridgehead atoms. The Morgan fingerprint density at radius 3 is 2.78 bits per heavy atom. The van der Waals surface area contributed by atoms with E-state index in [2.05, 4.69) is 11.4 Å². The first kappa shape index (κ1) is 11.9. The van der Waals surface area contributed by atoms with Crippen LogP contribution in [-0.4, -0.2) is 23.4 Å². The zero-order chi connectivity index (χ0) is 12.4. The fraction of sp³-hybridized carbons (Fsp3) is 0.333. The molecule has 2 N–H and O–H groups in total. The van der Waals surface area contributed by atoms with Crippen LogP contribution in [0.3, 0.4) is 0 Å². The first-order valence-corrected chi connectivity index (χ1v) is 7.40. The molecule has 0 amide bonds. The van der Waals surface area contributed by atoms with Gasteiger partial charge in [0.15, 0.2) is 0 Å². The van der Waals surface area contributed by atoms with Crippen molar-refractivity contribution in [1.82, 2.24) is 5.32 Å². The first-order valence-electron chi connectivity index (χ1n) is 6.41. The molecule has 2 aromatic carbocycles. The minimum absolute atomic E-state index is 0.369. The molecule has 1 saturated heterocycles. The van der Waals surface area contributed by atoms with E-state index in [1.807, 2.05) is 36.0 Å². The third-order valence-corrected chi connectivity index (χ3v) is 4.70. The average Bonchev–Trinajstić information content (AvgIpc) is 2.92. The summed E-state index contributed by atoms with van der Waals surface area (Å²) in [6.45, 7) is 1.15. The van der Waals surface area contributed by atoms with Gasteiger partial charge in [0.1, 0.15) is 5.75 Å². The molecule has 0 radical (unpaired) electrons. The summed E-state index contributed by atoms with van der Waals surface area (Å²) in [6, 6.07) is 12.5. The third-order valence-electron chi connectivity index (χ3n) is 3.46. The first-order chi connectivity index (χ1) is 8.84. The van der Waals surface area contributed by atoms with E-state index in [1.165, 1.54) is 17.7 Å². The van der Waals surface area contributed by atoms with Crippen LogP contribution in [0.15, 0.2) is 41.3 Å². The van der Waals surface area contributed by atoms with Crippen molar-refractivity contribution in [2.75, 3.05) is 12.3 Å². The standard InChI is InChI=1S/C15H17NOS/c17-14-7-8-15(13-6-2-1-5-12(13)14)18-10-11-4-3-9-16-11/h1-2,5-8,11,16-17H,3-4,9-10H2. The molecule has 0 aromatic heterocycles. The topological polar surface area (TPSA) is 32.3 Å². The second-order valence-corrected chi connectivity index (χ2v) is 5.79. The van der Waals surface area contributed by atoms with Gasteiger partial charge in [-0.25, -0.2) is 0 Å². The number of thioether (sulfide) groups is 1. The molecule has 1 aliphatic rings. The molecule has 2 nitrogen and oxygen atoms in total. The van der Waals surface area contributed by atoms with Crippen molar-refractivity contribution in [3.05, 3.63) is 36.4 Å². The fourth-order valence-corrected chi connectivity index (χ4v) is 3.63. The Hall–Kier alpha value is -1.19. The zero-order valence-electron chi connectivity index (χ0n) is 10.2. The van der Waals surface area contributed by atoms with Crippen molar-refractivity contribution in [3.63, 3.8) is 0 Å². The predicted molar refractivity (Wildman–Crippen MR) is 77.4 cm³/mol. The van der Waals surface area contributed by atoms with Gasteiger partial charge in [-0.2, -0.15) is 0 Å². The molecule has 1 fully saturated rings. The minimum atomic E-state index is 0.369. The normalized spacial score (nSPS) is 19.4. The van der Waals surface area contributed by atoms with E-state index >= 15 is 0 Å². The van der Waals surface area contributed by atoms with E-state index in [1.54, 1.807) is 6.07 Å². The van der Waals surface area contributed by atoms with E-state index in [0.717, 1.165) is 23.1 Å². The largest absolute Gasteiger partial charge is 0.507 e. The van der Waals surface area contributed by atoms with E-state index in [4.69, 9.17) is 0 Å². The molecule has 94 valence electrons. The smallest absolute Gasteiger partial charge is 0.123 e. The molecule has 0 saturated carbocycles. The molecule has 0 spiro atoms. The minimum Gasteiger partial charge on any atom is -0.507 e. The Bertz CT molecular complexity index is 549. The summed E-state index contributed by atoms with van der Waals surface area (Å²) in [5, 5.41) is 15.5. The number of benzene rings is 2. The highest BCUT2D eigenvalue weighted by atomic mass is 32.2. The summed E-state index contributed by atoms with van der Waals surface area (Å²) in [5.74, 6) is 1.48. The van der Waals surface area contributed by atoms with Gasteiger partial charge in [-0.1, -0.05) is 24.3 Å². The summed E-state index contributed by atoms with van der Waals surface area (Å²) >= 11 is 1.88. The van der Waals surface area contributed by atoms with Crippen LogP contribution in [0.25, 0.3) is 10.8 Å². The number of hydrogen-bond donors (Lipinski definition) is 2. The van der Waals surface area contributed by atoms with Crippen LogP contribution in [0.4, 0.5) is 0 Å². The highest BCUT2D eigenvalue weighted by molar-refractivity contribution is 7.99. The molecule has 3 rings (SSSR count). The van der Waals surface area contributed by atoms with E-state index in [9.17, 15) is 5.11 Å². The lowest BCUT2D eigenvalue weighted by Crippen LogP contribution is -2.23. The Kier molecular flexibility index (Phi) is 3.43. The van der Waals surface area contributed by atoms with E-state index < -0.39 is 0 Å². The SMILES string of the molecule is Oc1ccc(SCC2CCCN2)c2ccccc12. The summed E-state index contributed by atoms with van der Waals surface area (Å²) in [6.07, 6.45) is 2.57. The molecular weight excluding hydrogens is 242 g/mol. The van der Waals surface area contributed by atoms with Gasteiger partial charge in [-0.05, 0) is 36.9 Å². The van der Waals surface area contributed by atoms with Gasteiger partial charge >= 0.3 is 0 Å². The molecule has 18 heavy (non-hydrogen) atoms. The van der Waals surface area contributed by atoms with Gasteiger partial charge in [0.2, 0.25) is 0 Å². The van der Waals surface area contributed by atoms with Crippen LogP contribution in [0.1, 0.15) is 12.8 Å². The van der Waals surface area contributed by atoms with Crippen LogP contribution in [0.5, 0.6) is 5.75 Å². The molecule has 2 aromatic rings. The molecule has 3 heteroatoms. The summed E-state index contributed by atoms with van der Waals surface area (Å²) < 4.78 is 0. The summed E-state index contributed by atoms with van der Waals surface area (Å²) in [5.41, 5.74) is 0. The second kappa shape index (κ2) is 5.21. The van der Waals surface area contributed by atoms with Crippen molar-refractivity contribution in [2.45, 2.75) is 23.8 Å². The Balaban J connectivity index is 1.85. The molecule has 1 atom stereocenters. The van der Waals surface area contributed by atoms with Crippen LogP contribution < -0.4 is 5.32 Å². The Morgan fingerprint density at radius 1 is 1.17 bits per heavy atom. The van der Waals surface area contributed by atoms with Gasteiger partial charge in [0.25, 0.3) is 0 Å². The molecule has 1 aliphatic heterocycles. The Morgan fingerprint density at radius 2 is 2.00 bits per heavy atom. The van der Waals surface area contributed by atoms with E-state index in [0.29, 0.717) is 11.8 Å². The lowest BCUT2D eigenvalue weighted by Gasteiger charge is -2.11. The predicted octanol–water partition coefficient (Wildman–Crippen LogP) is 3.39. The van der Waals surface area contributed by atoms with Crippen molar-refractivity contribution in [2.24, 2.45) is 0 Å². The van der Waals surface area contributed by atoms with E-state index in [-0.39, 0.29) is 0 Å². The number of aromatic hydroxyl groups is 1. The number of hydrogen-bond acceptors (Lipinski definition) is 3. The van der Waals surface area contributed by atoms with Crippen molar-refractivity contribution in [1.29, 1.82) is 0 Å². The van der Waals surface area contributed by atoms with Crippen molar-refractivity contribution in [3.8, 4) is 5.75 Å². The van der Waals surface area contributed by atoms with Crippen LogP contribution >= 0.6 is 11.8 Å². The van der Waals surface area contributed by atoms with Gasteiger partial charge in [0, 0.05) is 22.1 Å². The highest BCUT2D eigenvalue weighted by Gasteiger charge is 2.14. The maximum absolute atomic E-state index is 9.85. The lowest BCUT2D eigenvalue weighted by molar-refractivity contribution is 0.481. The lowest BCUT2D eigenvalue weighted by atomic mass is 10.1. The number of nitrogens with one attached hydrogen (secondary N) is 1. The number of rotatable bonds is 3. The molecule has 1 unspecified atom stereocenters. The summed E-state index contributed by atoms with van der Waals surface area (Å²) in [7, 11) is 0. The van der Waals surface area contributed by atoms with Crippen LogP contribution in [0, 0.1) is 0 Å². The van der Waals surface area contributed by atoms with Gasteiger partial charge in [-0.3, -0.25) is 0 Å². The maximum atomic E-state index is 9.85. The number of phenols is 1. The quantitative estimate of drug-likeness (QED) is 0.829.